The van der Waals surface area contributed by atoms with E-state index in [0.717, 1.165) is 17.2 Å². The van der Waals surface area contributed by atoms with Gasteiger partial charge in [0.25, 0.3) is 0 Å². The number of carbonyl (C=O) groups is 1. The van der Waals surface area contributed by atoms with Gasteiger partial charge in [-0.05, 0) is 23.8 Å². The van der Waals surface area contributed by atoms with E-state index in [4.69, 9.17) is 0 Å². The molecule has 0 atom stereocenters. The molecule has 162 valence electrons. The Morgan fingerprint density at radius 3 is 1.90 bits per heavy atom. The fourth-order valence-electron chi connectivity index (χ4n) is 1.76. The van der Waals surface area contributed by atoms with Gasteiger partial charge in [-0.3, -0.25) is 4.79 Å². The Bertz CT molecular complexity index is 769. The molecule has 0 aliphatic carbocycles. The number of allylic oxidation sites excluding steroid dienone is 1. The molecule has 0 spiro atoms. The standard InChI is InChI=1S/C16H14F9N3O/c1-28(2)11-7-5-10(6-8-11)4-3-9-26-27-12(29)13(17,18)14(19,20)15(21,22)16(23,24)25/h3-9H,1-2H3,(H,27,29)/b4-3+,26-9-. The van der Waals surface area contributed by atoms with E-state index in [0.29, 0.717) is 11.8 Å². The number of carbonyl (C=O) groups excluding carboxylic acids is 1. The molecule has 1 aromatic carbocycles. The van der Waals surface area contributed by atoms with Crippen LogP contribution in [0.5, 0.6) is 0 Å². The van der Waals surface area contributed by atoms with Gasteiger partial charge in [-0.25, -0.2) is 5.43 Å². The van der Waals surface area contributed by atoms with Crippen molar-refractivity contribution in [1.82, 2.24) is 5.43 Å². The Labute approximate surface area is 158 Å². The summed E-state index contributed by atoms with van der Waals surface area (Å²) < 4.78 is 114. The second kappa shape index (κ2) is 8.33. The summed E-state index contributed by atoms with van der Waals surface area (Å²) in [4.78, 5) is 12.8. The third-order valence-corrected chi connectivity index (χ3v) is 3.45. The minimum Gasteiger partial charge on any atom is -0.378 e. The molecule has 29 heavy (non-hydrogen) atoms. The van der Waals surface area contributed by atoms with Crippen molar-refractivity contribution in [1.29, 1.82) is 0 Å². The average molecular weight is 435 g/mol. The van der Waals surface area contributed by atoms with Crippen molar-refractivity contribution in [2.75, 3.05) is 19.0 Å². The Balaban J connectivity index is 2.82. The summed E-state index contributed by atoms with van der Waals surface area (Å²) in [6.07, 6.45) is -3.94. The topological polar surface area (TPSA) is 44.7 Å². The maximum atomic E-state index is 13.3. The van der Waals surface area contributed by atoms with Crippen molar-refractivity contribution in [3.63, 3.8) is 0 Å². The summed E-state index contributed by atoms with van der Waals surface area (Å²) in [7, 11) is 3.59. The lowest BCUT2D eigenvalue weighted by atomic mass is 10.0. The SMILES string of the molecule is CN(C)c1ccc(/C=C/C=N\NC(=O)C(F)(F)C(F)(F)C(F)(F)C(F)(F)F)cc1. The van der Waals surface area contributed by atoms with Gasteiger partial charge in [0.05, 0.1) is 0 Å². The number of amides is 1. The first-order chi connectivity index (χ1) is 13.1. The normalized spacial score (nSPS) is 13.9. The van der Waals surface area contributed by atoms with Gasteiger partial charge in [0.15, 0.2) is 0 Å². The molecule has 1 amide bonds. The number of halogens is 9. The van der Waals surface area contributed by atoms with E-state index in [1.165, 1.54) is 6.08 Å². The molecule has 0 saturated carbocycles. The third-order valence-electron chi connectivity index (χ3n) is 3.45. The number of nitrogens with one attached hydrogen (secondary N) is 1. The summed E-state index contributed by atoms with van der Waals surface area (Å²) >= 11 is 0. The molecule has 1 N–H and O–H groups in total. The van der Waals surface area contributed by atoms with E-state index in [9.17, 15) is 44.3 Å². The Kier molecular flexibility index (Phi) is 6.98. The lowest BCUT2D eigenvalue weighted by Gasteiger charge is -2.32. The maximum Gasteiger partial charge on any atom is 0.460 e. The number of rotatable bonds is 7. The second-order valence-corrected chi connectivity index (χ2v) is 5.79. The van der Waals surface area contributed by atoms with Gasteiger partial charge in [-0.15, -0.1) is 0 Å². The molecule has 4 nitrogen and oxygen atoms in total. The molecular formula is C16H14F9N3O. The summed E-state index contributed by atoms with van der Waals surface area (Å²) in [5.74, 6) is -23.7. The van der Waals surface area contributed by atoms with Gasteiger partial charge in [0, 0.05) is 26.0 Å². The monoisotopic (exact) mass is 435 g/mol. The van der Waals surface area contributed by atoms with Gasteiger partial charge in [-0.1, -0.05) is 18.2 Å². The van der Waals surface area contributed by atoms with Crippen LogP contribution >= 0.6 is 0 Å². The zero-order valence-corrected chi connectivity index (χ0v) is 14.7. The first kappa shape index (κ1) is 24.3. The van der Waals surface area contributed by atoms with E-state index < -0.39 is 29.9 Å². The number of hydrogen-bond donors (Lipinski definition) is 1. The van der Waals surface area contributed by atoms with Crippen molar-refractivity contribution in [3.05, 3.63) is 35.9 Å². The van der Waals surface area contributed by atoms with E-state index >= 15 is 0 Å². The molecule has 0 aliphatic rings. The van der Waals surface area contributed by atoms with Crippen LogP contribution in [0.4, 0.5) is 45.2 Å². The molecule has 0 fully saturated rings. The predicted molar refractivity (Wildman–Crippen MR) is 87.3 cm³/mol. The van der Waals surface area contributed by atoms with Crippen LogP contribution in [0.1, 0.15) is 5.56 Å². The van der Waals surface area contributed by atoms with Crippen LogP contribution in [0.3, 0.4) is 0 Å². The van der Waals surface area contributed by atoms with Crippen molar-refractivity contribution >= 4 is 23.9 Å². The van der Waals surface area contributed by atoms with Crippen LogP contribution in [0, 0.1) is 0 Å². The largest absolute Gasteiger partial charge is 0.460 e. The van der Waals surface area contributed by atoms with Crippen LogP contribution in [0.15, 0.2) is 35.4 Å². The Hall–Kier alpha value is -2.73. The molecule has 1 rings (SSSR count). The number of hydrazone groups is 1. The molecule has 13 heteroatoms. The predicted octanol–water partition coefficient (Wildman–Crippen LogP) is 4.34. The van der Waals surface area contributed by atoms with Gasteiger partial charge in [0.1, 0.15) is 0 Å². The highest BCUT2D eigenvalue weighted by molar-refractivity contribution is 5.86. The fourth-order valence-corrected chi connectivity index (χ4v) is 1.76. The van der Waals surface area contributed by atoms with Gasteiger partial charge in [0.2, 0.25) is 0 Å². The highest BCUT2D eigenvalue weighted by atomic mass is 19.4. The van der Waals surface area contributed by atoms with Crippen LogP contribution in [0.2, 0.25) is 0 Å². The second-order valence-electron chi connectivity index (χ2n) is 5.79. The maximum absolute atomic E-state index is 13.3. The van der Waals surface area contributed by atoms with Gasteiger partial charge < -0.3 is 4.90 Å². The third kappa shape index (κ3) is 5.01. The minimum atomic E-state index is -7.15. The average Bonchev–Trinajstić information content (AvgIpc) is 2.60. The highest BCUT2D eigenvalue weighted by Crippen LogP contribution is 2.53. The van der Waals surface area contributed by atoms with Crippen molar-refractivity contribution in [2.24, 2.45) is 5.10 Å². The summed E-state index contributed by atoms with van der Waals surface area (Å²) in [6, 6.07) is 6.74. The van der Waals surface area contributed by atoms with Crippen molar-refractivity contribution in [3.8, 4) is 0 Å². The van der Waals surface area contributed by atoms with Crippen LogP contribution in [0.25, 0.3) is 6.08 Å². The van der Waals surface area contributed by atoms with E-state index in [2.05, 4.69) is 5.10 Å². The number of alkyl halides is 9. The first-order valence-corrected chi connectivity index (χ1v) is 7.53. The number of anilines is 1. The van der Waals surface area contributed by atoms with Crippen molar-refractivity contribution < 1.29 is 44.3 Å². The van der Waals surface area contributed by atoms with E-state index in [1.807, 2.05) is 4.90 Å². The molecule has 0 saturated heterocycles. The van der Waals surface area contributed by atoms with Crippen LogP contribution in [-0.2, 0) is 4.79 Å². The molecule has 0 unspecified atom stereocenters. The molecule has 0 heterocycles. The zero-order valence-electron chi connectivity index (χ0n) is 14.7. The quantitative estimate of drug-likeness (QED) is 0.394. The van der Waals surface area contributed by atoms with Crippen molar-refractivity contribution in [2.45, 2.75) is 23.9 Å². The van der Waals surface area contributed by atoms with Crippen LogP contribution < -0.4 is 10.3 Å². The molecule has 1 aromatic rings. The van der Waals surface area contributed by atoms with Gasteiger partial charge in [-0.2, -0.15) is 44.6 Å². The molecular weight excluding hydrogens is 421 g/mol. The minimum absolute atomic E-state index is 0.593. The Morgan fingerprint density at radius 2 is 1.45 bits per heavy atom. The summed E-state index contributed by atoms with van der Waals surface area (Å²) in [5, 5.41) is 2.80. The molecule has 0 bridgehead atoms. The summed E-state index contributed by atoms with van der Waals surface area (Å²) in [6.45, 7) is 0. The molecule has 0 aromatic heterocycles. The van der Waals surface area contributed by atoms with Crippen LogP contribution in [-0.4, -0.2) is 50.2 Å². The van der Waals surface area contributed by atoms with E-state index in [-0.39, 0.29) is 0 Å². The first-order valence-electron chi connectivity index (χ1n) is 7.53. The highest BCUT2D eigenvalue weighted by Gasteiger charge is 2.83. The molecule has 0 aliphatic heterocycles. The lowest BCUT2D eigenvalue weighted by Crippen LogP contribution is -2.64. The Morgan fingerprint density at radius 1 is 0.931 bits per heavy atom. The fraction of sp³-hybridized carbons (Fsp3) is 0.375. The molecule has 0 radical (unpaired) electrons. The number of hydrogen-bond acceptors (Lipinski definition) is 3. The van der Waals surface area contributed by atoms with Gasteiger partial charge >= 0.3 is 29.9 Å². The number of benzene rings is 1. The lowest BCUT2D eigenvalue weighted by molar-refractivity contribution is -0.388. The smallest absolute Gasteiger partial charge is 0.378 e. The number of nitrogens with zero attached hydrogens (tertiary/aromatic N) is 2. The zero-order chi connectivity index (χ0) is 22.7. The summed E-state index contributed by atoms with van der Waals surface area (Å²) in [5.41, 5.74) is 2.26. The van der Waals surface area contributed by atoms with E-state index in [1.54, 1.807) is 38.4 Å².